The Balaban J connectivity index is 0.00000180. The molecule has 4 nitrogen and oxygen atoms in total. The highest BCUT2D eigenvalue weighted by molar-refractivity contribution is 7.89. The van der Waals surface area contributed by atoms with Crippen molar-refractivity contribution in [3.8, 4) is 0 Å². The van der Waals surface area contributed by atoms with E-state index in [2.05, 4.69) is 4.72 Å². The van der Waals surface area contributed by atoms with Crippen LogP contribution in [0.1, 0.15) is 25.7 Å². The second-order valence-electron chi connectivity index (χ2n) is 4.42. The van der Waals surface area contributed by atoms with Gasteiger partial charge in [-0.2, -0.15) is 0 Å². The first-order valence-corrected chi connectivity index (χ1v) is 8.67. The molecule has 1 saturated carbocycles. The van der Waals surface area contributed by atoms with Gasteiger partial charge < -0.3 is 5.73 Å². The highest BCUT2D eigenvalue weighted by Gasteiger charge is 2.26. The topological polar surface area (TPSA) is 72.2 Å². The molecule has 0 saturated heterocycles. The summed E-state index contributed by atoms with van der Waals surface area (Å²) < 4.78 is 27.5. The molecule has 0 bridgehead atoms. The van der Waals surface area contributed by atoms with E-state index >= 15 is 0 Å². The first kappa shape index (κ1) is 17.5. The van der Waals surface area contributed by atoms with E-state index in [1.165, 1.54) is 6.07 Å². The Morgan fingerprint density at radius 3 is 2.32 bits per heavy atom. The molecule has 9 heteroatoms. The fourth-order valence-electron chi connectivity index (χ4n) is 2.03. The van der Waals surface area contributed by atoms with Crippen LogP contribution in [0.4, 0.5) is 0 Å². The molecule has 3 N–H and O–H groups in total. The molecular weight excluding hydrogens is 351 g/mol. The van der Waals surface area contributed by atoms with Crippen LogP contribution in [0.5, 0.6) is 0 Å². The van der Waals surface area contributed by atoms with Crippen molar-refractivity contribution in [3.05, 3.63) is 14.7 Å². The summed E-state index contributed by atoms with van der Waals surface area (Å²) in [4.78, 5) is 0.0639. The van der Waals surface area contributed by atoms with Crippen molar-refractivity contribution >= 4 is 57.0 Å². The standard InChI is InChI=1S/C10H14Cl2N2O2S2.ClH/c11-9-5-8(10(12)17-9)18(15,16)14-7-3-1-6(13)2-4-7;/h5-7,14H,1-4,13H2;1H. The molecule has 0 unspecified atom stereocenters. The SMILES string of the molecule is Cl.NC1CCC(NS(=O)(=O)c2cc(Cl)sc2Cl)CC1. The molecular formula is C10H15Cl3N2O2S2. The highest BCUT2D eigenvalue weighted by Crippen LogP contribution is 2.34. The number of halogens is 3. The molecule has 1 aromatic rings. The maximum atomic E-state index is 12.1. The van der Waals surface area contributed by atoms with E-state index in [1.807, 2.05) is 0 Å². The minimum absolute atomic E-state index is 0. The molecule has 1 aliphatic rings. The van der Waals surface area contributed by atoms with E-state index in [0.29, 0.717) is 4.34 Å². The second kappa shape index (κ2) is 6.93. The van der Waals surface area contributed by atoms with Crippen molar-refractivity contribution in [3.63, 3.8) is 0 Å². The minimum atomic E-state index is -3.58. The molecule has 1 aromatic heterocycles. The van der Waals surface area contributed by atoms with E-state index in [1.54, 1.807) is 0 Å². The summed E-state index contributed by atoms with van der Waals surface area (Å²) in [6, 6.07) is 1.50. The van der Waals surface area contributed by atoms with Gasteiger partial charge in [0.2, 0.25) is 10.0 Å². The van der Waals surface area contributed by atoms with Gasteiger partial charge in [0, 0.05) is 12.1 Å². The maximum absolute atomic E-state index is 12.1. The number of rotatable bonds is 3. The summed E-state index contributed by atoms with van der Waals surface area (Å²) in [5, 5.41) is 0. The van der Waals surface area contributed by atoms with Gasteiger partial charge in [0.1, 0.15) is 9.23 Å². The van der Waals surface area contributed by atoms with Gasteiger partial charge in [-0.15, -0.1) is 23.7 Å². The maximum Gasteiger partial charge on any atom is 0.243 e. The first-order chi connectivity index (χ1) is 8.38. The van der Waals surface area contributed by atoms with E-state index in [-0.39, 0.29) is 33.7 Å². The van der Waals surface area contributed by atoms with Gasteiger partial charge in [-0.3, -0.25) is 0 Å². The van der Waals surface area contributed by atoms with E-state index in [9.17, 15) is 8.42 Å². The van der Waals surface area contributed by atoms with Crippen LogP contribution in [0.2, 0.25) is 8.67 Å². The van der Waals surface area contributed by atoms with Crippen molar-refractivity contribution in [2.45, 2.75) is 42.7 Å². The summed E-state index contributed by atoms with van der Waals surface area (Å²) in [5.41, 5.74) is 5.79. The lowest BCUT2D eigenvalue weighted by Gasteiger charge is -2.26. The summed E-state index contributed by atoms with van der Waals surface area (Å²) in [5.74, 6) is 0. The fourth-order valence-corrected chi connectivity index (χ4v) is 5.48. The third kappa shape index (κ3) is 4.46. The average molecular weight is 366 g/mol. The van der Waals surface area contributed by atoms with Gasteiger partial charge in [0.25, 0.3) is 0 Å². The average Bonchev–Trinajstić information content (AvgIpc) is 2.62. The smallest absolute Gasteiger partial charge is 0.243 e. The molecule has 19 heavy (non-hydrogen) atoms. The molecule has 1 heterocycles. The lowest BCUT2D eigenvalue weighted by molar-refractivity contribution is 0.373. The normalized spacial score (nSPS) is 23.9. The Labute approximate surface area is 133 Å². The number of hydrogen-bond acceptors (Lipinski definition) is 4. The Hall–Kier alpha value is 0.440. The Bertz CT molecular complexity index is 525. The molecule has 0 aromatic carbocycles. The first-order valence-electron chi connectivity index (χ1n) is 5.61. The Morgan fingerprint density at radius 2 is 1.84 bits per heavy atom. The van der Waals surface area contributed by atoms with Crippen LogP contribution in [0, 0.1) is 0 Å². The van der Waals surface area contributed by atoms with Crippen molar-refractivity contribution in [1.82, 2.24) is 4.72 Å². The number of thiophene rings is 1. The lowest BCUT2D eigenvalue weighted by atomic mass is 9.93. The molecule has 110 valence electrons. The van der Waals surface area contributed by atoms with E-state index in [0.717, 1.165) is 37.0 Å². The predicted octanol–water partition coefficient (Wildman–Crippen LogP) is 3.02. The van der Waals surface area contributed by atoms with Gasteiger partial charge in [-0.1, -0.05) is 23.2 Å². The zero-order valence-corrected chi connectivity index (χ0v) is 13.9. The third-order valence-corrected chi connectivity index (χ3v) is 6.28. The largest absolute Gasteiger partial charge is 0.328 e. The second-order valence-corrected chi connectivity index (χ2v) is 8.39. The monoisotopic (exact) mass is 364 g/mol. The molecule has 2 rings (SSSR count). The molecule has 0 radical (unpaired) electrons. The van der Waals surface area contributed by atoms with E-state index < -0.39 is 10.0 Å². The van der Waals surface area contributed by atoms with Crippen LogP contribution >= 0.6 is 46.9 Å². The molecule has 1 aliphatic carbocycles. The number of hydrogen-bond donors (Lipinski definition) is 2. The predicted molar refractivity (Wildman–Crippen MR) is 82.1 cm³/mol. The Morgan fingerprint density at radius 1 is 1.26 bits per heavy atom. The van der Waals surface area contributed by atoms with Crippen molar-refractivity contribution < 1.29 is 8.42 Å². The highest BCUT2D eigenvalue weighted by atomic mass is 35.5. The van der Waals surface area contributed by atoms with Gasteiger partial charge in [-0.05, 0) is 31.7 Å². The van der Waals surface area contributed by atoms with Crippen LogP contribution in [-0.2, 0) is 10.0 Å². The quantitative estimate of drug-likeness (QED) is 0.864. The zero-order valence-electron chi connectivity index (χ0n) is 9.93. The van der Waals surface area contributed by atoms with E-state index in [4.69, 9.17) is 28.9 Å². The fraction of sp³-hybridized carbons (Fsp3) is 0.600. The van der Waals surface area contributed by atoms with Crippen LogP contribution in [-0.4, -0.2) is 20.5 Å². The summed E-state index contributed by atoms with van der Waals surface area (Å²) in [7, 11) is -3.58. The van der Waals surface area contributed by atoms with Crippen molar-refractivity contribution in [2.75, 3.05) is 0 Å². The molecule has 0 spiro atoms. The number of nitrogens with two attached hydrogens (primary N) is 1. The molecule has 0 aliphatic heterocycles. The number of nitrogens with one attached hydrogen (secondary N) is 1. The van der Waals surface area contributed by atoms with Crippen LogP contribution in [0.25, 0.3) is 0 Å². The molecule has 0 atom stereocenters. The van der Waals surface area contributed by atoms with Gasteiger partial charge in [-0.25, -0.2) is 13.1 Å². The van der Waals surface area contributed by atoms with Gasteiger partial charge in [0.05, 0.1) is 4.34 Å². The third-order valence-electron chi connectivity index (χ3n) is 3.01. The van der Waals surface area contributed by atoms with Gasteiger partial charge in [0.15, 0.2) is 0 Å². The van der Waals surface area contributed by atoms with Crippen LogP contribution < -0.4 is 10.5 Å². The Kier molecular flexibility index (Phi) is 6.38. The number of sulfonamides is 1. The van der Waals surface area contributed by atoms with Crippen molar-refractivity contribution in [1.29, 1.82) is 0 Å². The summed E-state index contributed by atoms with van der Waals surface area (Å²) in [6.07, 6.45) is 3.20. The van der Waals surface area contributed by atoms with Crippen molar-refractivity contribution in [2.24, 2.45) is 5.73 Å². The van der Waals surface area contributed by atoms with Crippen LogP contribution in [0.15, 0.2) is 11.0 Å². The summed E-state index contributed by atoms with van der Waals surface area (Å²) >= 11 is 12.7. The molecule has 1 fully saturated rings. The summed E-state index contributed by atoms with van der Waals surface area (Å²) in [6.45, 7) is 0. The lowest BCUT2D eigenvalue weighted by Crippen LogP contribution is -2.40. The van der Waals surface area contributed by atoms with Crippen LogP contribution in [0.3, 0.4) is 0 Å². The van der Waals surface area contributed by atoms with Gasteiger partial charge >= 0.3 is 0 Å². The minimum Gasteiger partial charge on any atom is -0.328 e. The molecule has 0 amide bonds. The zero-order chi connectivity index (χ0) is 13.3.